The summed E-state index contributed by atoms with van der Waals surface area (Å²) in [5.74, 6) is 0.391. The lowest BCUT2D eigenvalue weighted by molar-refractivity contribution is -0.136. The molecule has 24 heavy (non-hydrogen) atoms. The maximum atomic E-state index is 13.2. The first-order valence-corrected chi connectivity index (χ1v) is 9.54. The van der Waals surface area contributed by atoms with Gasteiger partial charge in [0.05, 0.1) is 18.2 Å². The van der Waals surface area contributed by atoms with Crippen LogP contribution in [-0.2, 0) is 11.8 Å². The molecular weight excluding hydrogens is 322 g/mol. The summed E-state index contributed by atoms with van der Waals surface area (Å²) in [6.07, 6.45) is 9.94. The van der Waals surface area contributed by atoms with E-state index in [1.165, 1.54) is 0 Å². The predicted molar refractivity (Wildman–Crippen MR) is 93.9 cm³/mol. The topological polar surface area (TPSA) is 54.3 Å². The number of carbonyl (C=O) groups is 1. The van der Waals surface area contributed by atoms with Crippen molar-refractivity contribution in [2.75, 3.05) is 24.5 Å². The van der Waals surface area contributed by atoms with Crippen LogP contribution in [0.3, 0.4) is 0 Å². The summed E-state index contributed by atoms with van der Waals surface area (Å²) < 4.78 is 1.82. The number of anilines is 1. The highest BCUT2D eigenvalue weighted by molar-refractivity contribution is 7.13. The van der Waals surface area contributed by atoms with Crippen LogP contribution in [0.4, 0.5) is 5.13 Å². The van der Waals surface area contributed by atoms with Gasteiger partial charge in [-0.15, -0.1) is 11.3 Å². The molecule has 2 atom stereocenters. The molecule has 4 rings (SSSR count). The van der Waals surface area contributed by atoms with Crippen molar-refractivity contribution in [1.29, 1.82) is 0 Å². The molecule has 7 heteroatoms. The van der Waals surface area contributed by atoms with E-state index in [1.54, 1.807) is 11.3 Å². The zero-order chi connectivity index (χ0) is 16.5. The maximum Gasteiger partial charge on any atom is 0.227 e. The van der Waals surface area contributed by atoms with Crippen molar-refractivity contribution in [2.24, 2.45) is 13.0 Å². The smallest absolute Gasteiger partial charge is 0.227 e. The molecule has 0 radical (unpaired) electrons. The molecule has 4 heterocycles. The van der Waals surface area contributed by atoms with Crippen LogP contribution in [0, 0.1) is 5.92 Å². The Morgan fingerprint density at radius 2 is 2.17 bits per heavy atom. The molecule has 1 amide bonds. The third kappa shape index (κ3) is 2.92. The predicted octanol–water partition coefficient (Wildman–Crippen LogP) is 2.46. The number of nitrogens with zero attached hydrogens (tertiary/aromatic N) is 5. The lowest BCUT2D eigenvalue weighted by atomic mass is 9.96. The standard InChI is InChI=1S/C17H23N5OS/c1-20-11-14(10-19-20)15-5-3-8-22(15)16(23)13-4-2-7-21(12-13)17-18-6-9-24-17/h6,9-11,13,15H,2-5,7-8,12H2,1H3. The minimum atomic E-state index is 0.0833. The maximum absolute atomic E-state index is 13.2. The lowest BCUT2D eigenvalue weighted by Crippen LogP contribution is -2.44. The van der Waals surface area contributed by atoms with Crippen molar-refractivity contribution in [3.8, 4) is 0 Å². The zero-order valence-corrected chi connectivity index (χ0v) is 14.8. The summed E-state index contributed by atoms with van der Waals surface area (Å²) in [6.45, 7) is 2.66. The molecule has 128 valence electrons. The fourth-order valence-corrected chi connectivity index (χ4v) is 4.63. The number of rotatable bonds is 3. The van der Waals surface area contributed by atoms with Crippen molar-refractivity contribution in [3.63, 3.8) is 0 Å². The molecule has 2 saturated heterocycles. The van der Waals surface area contributed by atoms with E-state index in [9.17, 15) is 4.79 Å². The third-order valence-corrected chi connectivity index (χ3v) is 5.94. The minimum absolute atomic E-state index is 0.0833. The quantitative estimate of drug-likeness (QED) is 0.857. The zero-order valence-electron chi connectivity index (χ0n) is 14.0. The van der Waals surface area contributed by atoms with Gasteiger partial charge >= 0.3 is 0 Å². The van der Waals surface area contributed by atoms with Gasteiger partial charge in [-0.25, -0.2) is 4.98 Å². The van der Waals surface area contributed by atoms with Crippen LogP contribution in [0.25, 0.3) is 0 Å². The molecule has 0 N–H and O–H groups in total. The normalized spacial score (nSPS) is 24.5. The Morgan fingerprint density at radius 3 is 2.92 bits per heavy atom. The average molecular weight is 345 g/mol. The van der Waals surface area contributed by atoms with Gasteiger partial charge in [-0.1, -0.05) is 0 Å². The third-order valence-electron chi connectivity index (χ3n) is 5.11. The Labute approximate surface area is 146 Å². The van der Waals surface area contributed by atoms with Gasteiger partial charge in [-0.3, -0.25) is 9.48 Å². The second-order valence-electron chi connectivity index (χ2n) is 6.74. The molecular formula is C17H23N5OS. The van der Waals surface area contributed by atoms with Crippen molar-refractivity contribution >= 4 is 22.4 Å². The van der Waals surface area contributed by atoms with E-state index >= 15 is 0 Å². The van der Waals surface area contributed by atoms with Crippen LogP contribution in [0.1, 0.15) is 37.3 Å². The Hall–Kier alpha value is -1.89. The van der Waals surface area contributed by atoms with E-state index < -0.39 is 0 Å². The fraction of sp³-hybridized carbons (Fsp3) is 0.588. The van der Waals surface area contributed by atoms with Crippen LogP contribution in [0.5, 0.6) is 0 Å². The summed E-state index contributed by atoms with van der Waals surface area (Å²) in [7, 11) is 1.93. The molecule has 0 aliphatic carbocycles. The number of aromatic nitrogens is 3. The summed E-state index contributed by atoms with van der Waals surface area (Å²) >= 11 is 1.65. The fourth-order valence-electron chi connectivity index (χ4n) is 3.95. The number of likely N-dealkylation sites (tertiary alicyclic amines) is 1. The largest absolute Gasteiger partial charge is 0.347 e. The summed E-state index contributed by atoms with van der Waals surface area (Å²) in [4.78, 5) is 21.9. The number of hydrogen-bond acceptors (Lipinski definition) is 5. The van der Waals surface area contributed by atoms with Gasteiger partial charge in [-0.2, -0.15) is 5.10 Å². The van der Waals surface area contributed by atoms with Gasteiger partial charge < -0.3 is 9.80 Å². The molecule has 2 aromatic rings. The summed E-state index contributed by atoms with van der Waals surface area (Å²) in [5.41, 5.74) is 1.16. The molecule has 0 bridgehead atoms. The highest BCUT2D eigenvalue weighted by Crippen LogP contribution is 2.34. The molecule has 2 unspecified atom stereocenters. The highest BCUT2D eigenvalue weighted by Gasteiger charge is 2.36. The van der Waals surface area contributed by atoms with Gasteiger partial charge in [0.15, 0.2) is 5.13 Å². The van der Waals surface area contributed by atoms with E-state index in [4.69, 9.17) is 0 Å². The van der Waals surface area contributed by atoms with Crippen LogP contribution in [0.2, 0.25) is 0 Å². The Kier molecular flexibility index (Phi) is 4.26. The first kappa shape index (κ1) is 15.6. The second-order valence-corrected chi connectivity index (χ2v) is 7.61. The molecule has 2 aliphatic heterocycles. The summed E-state index contributed by atoms with van der Waals surface area (Å²) in [6, 6.07) is 0.196. The number of amides is 1. The van der Waals surface area contributed by atoms with E-state index in [2.05, 4.69) is 19.9 Å². The monoisotopic (exact) mass is 345 g/mol. The molecule has 2 aliphatic rings. The second kappa shape index (κ2) is 6.55. The molecule has 0 saturated carbocycles. The first-order chi connectivity index (χ1) is 11.7. The highest BCUT2D eigenvalue weighted by atomic mass is 32.1. The molecule has 2 fully saturated rings. The van der Waals surface area contributed by atoms with Gasteiger partial charge in [-0.05, 0) is 25.7 Å². The van der Waals surface area contributed by atoms with Crippen LogP contribution in [-0.4, -0.2) is 45.2 Å². The van der Waals surface area contributed by atoms with E-state index in [1.807, 2.05) is 35.7 Å². The van der Waals surface area contributed by atoms with Crippen molar-refractivity contribution in [2.45, 2.75) is 31.7 Å². The molecule has 6 nitrogen and oxygen atoms in total. The van der Waals surface area contributed by atoms with E-state index in [0.29, 0.717) is 5.91 Å². The van der Waals surface area contributed by atoms with Crippen LogP contribution in [0.15, 0.2) is 24.0 Å². The minimum Gasteiger partial charge on any atom is -0.347 e. The van der Waals surface area contributed by atoms with Gasteiger partial charge in [0, 0.05) is 50.0 Å². The SMILES string of the molecule is Cn1cc(C2CCCN2C(=O)C2CCCN(c3nccs3)C2)cn1. The van der Waals surface area contributed by atoms with Crippen molar-refractivity contribution in [3.05, 3.63) is 29.5 Å². The van der Waals surface area contributed by atoms with Gasteiger partial charge in [0.25, 0.3) is 0 Å². The van der Waals surface area contributed by atoms with Gasteiger partial charge in [0.2, 0.25) is 5.91 Å². The molecule has 0 aromatic carbocycles. The Balaban J connectivity index is 1.48. The number of aryl methyl sites for hydroxylation is 1. The number of piperidine rings is 1. The van der Waals surface area contributed by atoms with Gasteiger partial charge in [0.1, 0.15) is 0 Å². The average Bonchev–Trinajstić information content (AvgIpc) is 3.35. The first-order valence-electron chi connectivity index (χ1n) is 8.66. The van der Waals surface area contributed by atoms with E-state index in [-0.39, 0.29) is 12.0 Å². The van der Waals surface area contributed by atoms with Crippen LogP contribution < -0.4 is 4.90 Å². The molecule has 0 spiro atoms. The van der Waals surface area contributed by atoms with E-state index in [0.717, 1.165) is 56.0 Å². The van der Waals surface area contributed by atoms with Crippen molar-refractivity contribution in [1.82, 2.24) is 19.7 Å². The summed E-state index contributed by atoms with van der Waals surface area (Å²) in [5, 5.41) is 7.32. The molecule has 2 aromatic heterocycles. The number of thiazole rings is 1. The Morgan fingerprint density at radius 1 is 1.29 bits per heavy atom. The van der Waals surface area contributed by atoms with Crippen molar-refractivity contribution < 1.29 is 4.79 Å². The lowest BCUT2D eigenvalue weighted by Gasteiger charge is -2.35. The Bertz CT molecular complexity index is 698. The van der Waals surface area contributed by atoms with Crippen LogP contribution >= 0.6 is 11.3 Å². The number of hydrogen-bond donors (Lipinski definition) is 0. The number of carbonyl (C=O) groups excluding carboxylic acids is 1.